The second-order valence-electron chi connectivity index (χ2n) is 3.95. The molecule has 0 aliphatic rings. The number of amides is 1. The molecule has 12 heteroatoms. The van der Waals surface area contributed by atoms with Crippen LogP contribution in [0.3, 0.4) is 0 Å². The van der Waals surface area contributed by atoms with E-state index in [9.17, 15) is 22.4 Å². The van der Waals surface area contributed by atoms with Gasteiger partial charge in [-0.15, -0.1) is 0 Å². The molecule has 1 rings (SSSR count). The van der Waals surface area contributed by atoms with Gasteiger partial charge in [0, 0.05) is 0 Å². The van der Waals surface area contributed by atoms with Crippen molar-refractivity contribution in [2.75, 3.05) is 5.32 Å². The Labute approximate surface area is 132 Å². The molecule has 23 heavy (non-hydrogen) atoms. The van der Waals surface area contributed by atoms with Crippen molar-refractivity contribution in [2.24, 2.45) is 0 Å². The number of halogens is 5. The third kappa shape index (κ3) is 6.52. The van der Waals surface area contributed by atoms with Crippen molar-refractivity contribution >= 4 is 29.2 Å². The van der Waals surface area contributed by atoms with Crippen LogP contribution in [0.25, 0.3) is 0 Å². The predicted octanol–water partition coefficient (Wildman–Crippen LogP) is 2.13. The number of carbonyl (C=O) groups excluding carboxylic acids is 1. The topological polar surface area (TPSA) is 108 Å². The molecule has 0 bridgehead atoms. The number of rotatable bonds is 3. The van der Waals surface area contributed by atoms with Gasteiger partial charge in [-0.25, -0.2) is 9.18 Å². The molecule has 1 unspecified atom stereocenters. The molecule has 0 aliphatic heterocycles. The summed E-state index contributed by atoms with van der Waals surface area (Å²) in [7, 11) is 0. The number of hydrogen-bond donors (Lipinski definition) is 2. The summed E-state index contributed by atoms with van der Waals surface area (Å²) in [5, 5.41) is 22.0. The molecule has 1 heterocycles. The lowest BCUT2D eigenvalue weighted by Gasteiger charge is -2.05. The van der Waals surface area contributed by atoms with E-state index in [-0.39, 0.29) is 6.54 Å². The first kappa shape index (κ1) is 20.6. The fourth-order valence-corrected chi connectivity index (χ4v) is 1.33. The van der Waals surface area contributed by atoms with Crippen LogP contribution >= 0.6 is 11.6 Å². The van der Waals surface area contributed by atoms with Gasteiger partial charge in [-0.05, 0) is 13.8 Å². The van der Waals surface area contributed by atoms with Crippen LogP contribution in [0.4, 0.5) is 23.2 Å². The number of alkyl halides is 5. The minimum Gasteiger partial charge on any atom is -0.475 e. The van der Waals surface area contributed by atoms with Crippen molar-refractivity contribution in [1.82, 2.24) is 9.78 Å². The smallest absolute Gasteiger partial charge is 0.475 e. The lowest BCUT2D eigenvalue weighted by molar-refractivity contribution is -0.192. The molecule has 0 fully saturated rings. The molecule has 1 aromatic rings. The Bertz CT molecular complexity index is 622. The van der Waals surface area contributed by atoms with Crippen LogP contribution in [-0.4, -0.2) is 38.6 Å². The number of hydrogen-bond acceptors (Lipinski definition) is 4. The summed E-state index contributed by atoms with van der Waals surface area (Å²) in [5.41, 5.74) is -0.607. The highest BCUT2D eigenvalue weighted by Crippen LogP contribution is 2.20. The van der Waals surface area contributed by atoms with Crippen LogP contribution in [-0.2, 0) is 16.1 Å². The van der Waals surface area contributed by atoms with E-state index in [1.807, 2.05) is 6.07 Å². The first-order valence-corrected chi connectivity index (χ1v) is 6.15. The fraction of sp³-hybridized carbons (Fsp3) is 0.455. The van der Waals surface area contributed by atoms with Crippen molar-refractivity contribution in [1.29, 1.82) is 5.26 Å². The van der Waals surface area contributed by atoms with Crippen molar-refractivity contribution in [3.63, 3.8) is 0 Å². The number of anilines is 1. The van der Waals surface area contributed by atoms with Crippen LogP contribution in [0.15, 0.2) is 0 Å². The minimum atomic E-state index is -5.08. The number of carbonyl (C=O) groups is 2. The van der Waals surface area contributed by atoms with Crippen molar-refractivity contribution < 1.29 is 32.3 Å². The summed E-state index contributed by atoms with van der Waals surface area (Å²) in [5.74, 6) is -3.70. The van der Waals surface area contributed by atoms with Crippen LogP contribution in [0.2, 0.25) is 0 Å². The van der Waals surface area contributed by atoms with Gasteiger partial charge < -0.3 is 10.4 Å². The third-order valence-corrected chi connectivity index (χ3v) is 2.49. The molecule has 1 aromatic heterocycles. The lowest BCUT2D eigenvalue weighted by Crippen LogP contribution is -2.21. The molecule has 0 radical (unpaired) electrons. The van der Waals surface area contributed by atoms with Gasteiger partial charge in [-0.3, -0.25) is 9.48 Å². The Morgan fingerprint density at radius 1 is 1.48 bits per heavy atom. The van der Waals surface area contributed by atoms with Crippen LogP contribution in [0, 0.1) is 25.2 Å². The molecule has 1 amide bonds. The van der Waals surface area contributed by atoms with Crippen LogP contribution < -0.4 is 5.32 Å². The van der Waals surface area contributed by atoms with E-state index in [4.69, 9.17) is 26.8 Å². The Hall–Kier alpha value is -2.35. The van der Waals surface area contributed by atoms with E-state index < -0.39 is 23.7 Å². The van der Waals surface area contributed by atoms with Crippen LogP contribution in [0.1, 0.15) is 11.4 Å². The van der Waals surface area contributed by atoms with Gasteiger partial charge in [0.1, 0.15) is 6.54 Å². The molecule has 0 aliphatic carbocycles. The number of nitrogens with zero attached hydrogens (tertiary/aromatic N) is 3. The fourth-order valence-electron chi connectivity index (χ4n) is 1.28. The number of aliphatic carboxylic acids is 1. The van der Waals surface area contributed by atoms with Crippen molar-refractivity contribution in [2.45, 2.75) is 32.2 Å². The maximum Gasteiger partial charge on any atom is 0.490 e. The molecule has 0 aromatic carbocycles. The summed E-state index contributed by atoms with van der Waals surface area (Å²) in [6.07, 6.45) is -5.08. The highest BCUT2D eigenvalue weighted by atomic mass is 35.5. The van der Waals surface area contributed by atoms with Gasteiger partial charge >= 0.3 is 12.1 Å². The summed E-state index contributed by atoms with van der Waals surface area (Å²) < 4.78 is 45.6. The first-order valence-electron chi connectivity index (χ1n) is 5.71. The van der Waals surface area contributed by atoms with E-state index in [0.29, 0.717) is 17.1 Å². The molecular weight excluding hydrogens is 348 g/mol. The van der Waals surface area contributed by atoms with E-state index in [2.05, 4.69) is 10.4 Å². The maximum atomic E-state index is 12.5. The molecule has 128 valence electrons. The number of carboxylic acid groups (broad SMARTS) is 1. The molecule has 0 saturated heterocycles. The van der Waals surface area contributed by atoms with E-state index in [1.54, 1.807) is 13.8 Å². The summed E-state index contributed by atoms with van der Waals surface area (Å²) in [6.45, 7) is 3.40. The second-order valence-corrected chi connectivity index (χ2v) is 4.34. The van der Waals surface area contributed by atoms with E-state index >= 15 is 0 Å². The van der Waals surface area contributed by atoms with Gasteiger partial charge in [0.25, 0.3) is 11.5 Å². The van der Waals surface area contributed by atoms with E-state index in [1.165, 1.54) is 4.68 Å². The third-order valence-electron chi connectivity index (χ3n) is 2.29. The number of carboxylic acids is 1. The van der Waals surface area contributed by atoms with Gasteiger partial charge in [-0.1, -0.05) is 11.6 Å². The second kappa shape index (κ2) is 8.33. The highest BCUT2D eigenvalue weighted by Gasteiger charge is 2.38. The Morgan fingerprint density at radius 2 is 1.96 bits per heavy atom. The molecule has 7 nitrogen and oxygen atoms in total. The average Bonchev–Trinajstić information content (AvgIpc) is 2.66. The molecular formula is C11H11ClF4N4O3. The Balaban J connectivity index is 0.000000585. The number of aromatic nitrogens is 2. The summed E-state index contributed by atoms with van der Waals surface area (Å²) >= 11 is 4.99. The zero-order chi connectivity index (χ0) is 18.4. The molecule has 2 N–H and O–H groups in total. The standard InChI is InChI=1S/C9H10ClFN4O.C2HF3O2/c1-5-7(13-9(16)8(10)11)6(2)15(14-5)4-3-12;3-2(4,5)1(6)7/h8H,4H2,1-2H3,(H,13,16);(H,6,7). The average molecular weight is 359 g/mol. The lowest BCUT2D eigenvalue weighted by atomic mass is 10.3. The zero-order valence-corrected chi connectivity index (χ0v) is 12.5. The van der Waals surface area contributed by atoms with Crippen molar-refractivity contribution in [3.8, 4) is 6.07 Å². The largest absolute Gasteiger partial charge is 0.490 e. The monoisotopic (exact) mass is 358 g/mol. The number of nitrogens with one attached hydrogen (secondary N) is 1. The van der Waals surface area contributed by atoms with Gasteiger partial charge in [0.05, 0.1) is 23.1 Å². The van der Waals surface area contributed by atoms with Gasteiger partial charge in [-0.2, -0.15) is 23.5 Å². The quantitative estimate of drug-likeness (QED) is 0.635. The highest BCUT2D eigenvalue weighted by molar-refractivity contribution is 6.31. The predicted molar refractivity (Wildman–Crippen MR) is 70.4 cm³/mol. The normalized spacial score (nSPS) is 11.7. The Kier molecular flexibility index (Phi) is 7.48. The molecule has 1 atom stereocenters. The number of aryl methyl sites for hydroxylation is 1. The maximum absolute atomic E-state index is 12.5. The zero-order valence-electron chi connectivity index (χ0n) is 11.8. The van der Waals surface area contributed by atoms with Crippen molar-refractivity contribution in [3.05, 3.63) is 11.4 Å². The SMILES string of the molecule is Cc1nn(CC#N)c(C)c1NC(=O)C(F)Cl.O=C(O)C(F)(F)F. The van der Waals surface area contributed by atoms with E-state index in [0.717, 1.165) is 0 Å². The first-order chi connectivity index (χ1) is 10.4. The van der Waals surface area contributed by atoms with Gasteiger partial charge in [0.15, 0.2) is 0 Å². The summed E-state index contributed by atoms with van der Waals surface area (Å²) in [4.78, 5) is 20.0. The van der Waals surface area contributed by atoms with Gasteiger partial charge in [0.2, 0.25) is 0 Å². The molecule has 0 spiro atoms. The minimum absolute atomic E-state index is 0.0719. The molecule has 0 saturated carbocycles. The Morgan fingerprint density at radius 3 is 2.30 bits per heavy atom. The number of nitriles is 1. The van der Waals surface area contributed by atoms with Crippen LogP contribution in [0.5, 0.6) is 0 Å². The summed E-state index contributed by atoms with van der Waals surface area (Å²) in [6, 6.07) is 1.93.